The van der Waals surface area contributed by atoms with E-state index in [1.807, 2.05) is 48.5 Å². The van der Waals surface area contributed by atoms with Crippen molar-refractivity contribution in [2.24, 2.45) is 0 Å². The van der Waals surface area contributed by atoms with Crippen LogP contribution in [0.25, 0.3) is 22.2 Å². The summed E-state index contributed by atoms with van der Waals surface area (Å²) in [6.45, 7) is 1.37. The molecule has 3 amide bonds. The maximum absolute atomic E-state index is 13.0. The summed E-state index contributed by atoms with van der Waals surface area (Å²) in [6.07, 6.45) is 5.97. The number of oxazole rings is 1. The molecule has 194 valence electrons. The van der Waals surface area contributed by atoms with Crippen molar-refractivity contribution >= 4 is 40.0 Å². The topological polar surface area (TPSA) is 132 Å². The third-order valence-corrected chi connectivity index (χ3v) is 7.16. The number of carbonyl (C=O) groups is 3. The fourth-order valence-corrected chi connectivity index (χ4v) is 5.20. The lowest BCUT2D eigenvalue weighted by atomic mass is 10.1. The van der Waals surface area contributed by atoms with Gasteiger partial charge in [0.15, 0.2) is 0 Å². The summed E-state index contributed by atoms with van der Waals surface area (Å²) < 4.78 is 5.12. The van der Waals surface area contributed by atoms with E-state index in [2.05, 4.69) is 25.9 Å². The zero-order valence-corrected chi connectivity index (χ0v) is 20.7. The Morgan fingerprint density at radius 2 is 1.76 bits per heavy atom. The standard InChI is InChI=1S/C28H28N6O4/c35-25(22-3-1-11-29-22)32-20-9-10-21-18(15-20)16-23(33-21)17-5-7-19(8-6-17)31-26(36)24-4-2-13-34(24)28(37)27-30-12-14-38-27/h5-10,12,14-16,22,24,29,33H,1-4,11,13H2,(H,31,36)(H,32,35)/t22?,24-/m0/s1. The molecule has 2 aliphatic heterocycles. The number of carbonyl (C=O) groups excluding carboxylic acids is 3. The first-order valence-corrected chi connectivity index (χ1v) is 12.8. The second kappa shape index (κ2) is 10.1. The monoisotopic (exact) mass is 512 g/mol. The van der Waals surface area contributed by atoms with Crippen molar-refractivity contribution in [2.45, 2.75) is 37.8 Å². The minimum absolute atomic E-state index is 0.00188. The Balaban J connectivity index is 1.12. The lowest BCUT2D eigenvalue weighted by molar-refractivity contribution is -0.120. The lowest BCUT2D eigenvalue weighted by Gasteiger charge is -2.22. The quantitative estimate of drug-likeness (QED) is 0.311. The molecule has 0 aliphatic carbocycles. The van der Waals surface area contributed by atoms with E-state index >= 15 is 0 Å². The van der Waals surface area contributed by atoms with Gasteiger partial charge in [-0.1, -0.05) is 12.1 Å². The highest BCUT2D eigenvalue weighted by Crippen LogP contribution is 2.28. The number of nitrogens with one attached hydrogen (secondary N) is 4. The smallest absolute Gasteiger partial charge is 0.310 e. The van der Waals surface area contributed by atoms with Gasteiger partial charge in [-0.3, -0.25) is 14.4 Å². The Labute approximate surface area is 218 Å². The Morgan fingerprint density at radius 1 is 0.947 bits per heavy atom. The maximum atomic E-state index is 13.0. The van der Waals surface area contributed by atoms with E-state index < -0.39 is 6.04 Å². The van der Waals surface area contributed by atoms with Crippen LogP contribution in [0, 0.1) is 0 Å². The zero-order chi connectivity index (χ0) is 26.1. The van der Waals surface area contributed by atoms with Crippen molar-refractivity contribution in [1.29, 1.82) is 0 Å². The van der Waals surface area contributed by atoms with Crippen LogP contribution in [0.5, 0.6) is 0 Å². The fourth-order valence-electron chi connectivity index (χ4n) is 5.20. The number of amides is 3. The summed E-state index contributed by atoms with van der Waals surface area (Å²) >= 11 is 0. The molecule has 0 spiro atoms. The number of rotatable bonds is 6. The number of H-pyrrole nitrogens is 1. The van der Waals surface area contributed by atoms with Crippen LogP contribution < -0.4 is 16.0 Å². The van der Waals surface area contributed by atoms with Crippen LogP contribution >= 0.6 is 0 Å². The van der Waals surface area contributed by atoms with E-state index in [0.717, 1.165) is 53.7 Å². The van der Waals surface area contributed by atoms with Gasteiger partial charge in [-0.05, 0) is 74.2 Å². The van der Waals surface area contributed by atoms with Gasteiger partial charge in [-0.25, -0.2) is 4.98 Å². The highest BCUT2D eigenvalue weighted by atomic mass is 16.4. The highest BCUT2D eigenvalue weighted by Gasteiger charge is 2.36. The molecule has 2 aromatic heterocycles. The minimum atomic E-state index is -0.568. The van der Waals surface area contributed by atoms with Gasteiger partial charge in [0, 0.05) is 34.5 Å². The Bertz CT molecular complexity index is 1470. The number of aromatic nitrogens is 2. The zero-order valence-electron chi connectivity index (χ0n) is 20.7. The second-order valence-corrected chi connectivity index (χ2v) is 9.68. The second-order valence-electron chi connectivity index (χ2n) is 9.68. The number of nitrogens with zero attached hydrogens (tertiary/aromatic N) is 2. The van der Waals surface area contributed by atoms with E-state index in [-0.39, 0.29) is 29.7 Å². The SMILES string of the molecule is O=C(Nc1ccc2[nH]c(-c3ccc(NC(=O)[C@@H]4CCCN4C(=O)c4ncco4)cc3)cc2c1)C1CCCN1. The first-order valence-electron chi connectivity index (χ1n) is 12.8. The molecule has 38 heavy (non-hydrogen) atoms. The van der Waals surface area contributed by atoms with E-state index in [1.54, 1.807) is 0 Å². The molecule has 0 bridgehead atoms. The van der Waals surface area contributed by atoms with Crippen LogP contribution in [0.4, 0.5) is 11.4 Å². The highest BCUT2D eigenvalue weighted by molar-refractivity contribution is 6.00. The van der Waals surface area contributed by atoms with Crippen molar-refractivity contribution < 1.29 is 18.8 Å². The number of likely N-dealkylation sites (tertiary alicyclic amines) is 1. The molecule has 2 aromatic carbocycles. The molecule has 10 nitrogen and oxygen atoms in total. The van der Waals surface area contributed by atoms with Crippen LogP contribution in [-0.4, -0.2) is 57.8 Å². The van der Waals surface area contributed by atoms with Crippen molar-refractivity contribution in [3.8, 4) is 11.3 Å². The van der Waals surface area contributed by atoms with Crippen molar-refractivity contribution in [3.05, 3.63) is 66.9 Å². The normalized spacial score (nSPS) is 19.1. The van der Waals surface area contributed by atoms with Crippen LogP contribution in [0.1, 0.15) is 36.4 Å². The van der Waals surface area contributed by atoms with Crippen LogP contribution in [0.15, 0.2) is 65.4 Å². The number of benzene rings is 2. The van der Waals surface area contributed by atoms with E-state index in [0.29, 0.717) is 18.7 Å². The average Bonchev–Trinajstić information content (AvgIpc) is 3.75. The molecule has 2 saturated heterocycles. The molecule has 10 heteroatoms. The molecule has 2 atom stereocenters. The van der Waals surface area contributed by atoms with Gasteiger partial charge in [-0.15, -0.1) is 0 Å². The third kappa shape index (κ3) is 4.78. The van der Waals surface area contributed by atoms with Gasteiger partial charge in [0.25, 0.3) is 5.89 Å². The molecular formula is C28H28N6O4. The Morgan fingerprint density at radius 3 is 2.53 bits per heavy atom. The summed E-state index contributed by atoms with van der Waals surface area (Å²) in [5.74, 6) is -0.617. The molecule has 4 N–H and O–H groups in total. The van der Waals surface area contributed by atoms with Gasteiger partial charge in [0.05, 0.1) is 12.2 Å². The number of aromatic amines is 1. The number of hydrogen-bond acceptors (Lipinski definition) is 6. The summed E-state index contributed by atoms with van der Waals surface area (Å²) in [5, 5.41) is 10.1. The van der Waals surface area contributed by atoms with Crippen LogP contribution in [-0.2, 0) is 9.59 Å². The van der Waals surface area contributed by atoms with Crippen LogP contribution in [0.2, 0.25) is 0 Å². The third-order valence-electron chi connectivity index (χ3n) is 7.16. The van der Waals surface area contributed by atoms with Crippen molar-refractivity contribution in [1.82, 2.24) is 20.2 Å². The fraction of sp³-hybridized carbons (Fsp3) is 0.286. The summed E-state index contributed by atoms with van der Waals surface area (Å²) in [7, 11) is 0. The van der Waals surface area contributed by atoms with Gasteiger partial charge < -0.3 is 30.3 Å². The Kier molecular flexibility index (Phi) is 6.38. The average molecular weight is 513 g/mol. The number of hydrogen-bond donors (Lipinski definition) is 4. The molecule has 0 saturated carbocycles. The van der Waals surface area contributed by atoms with E-state index in [1.165, 1.54) is 17.4 Å². The van der Waals surface area contributed by atoms with Crippen molar-refractivity contribution in [2.75, 3.05) is 23.7 Å². The van der Waals surface area contributed by atoms with Gasteiger partial charge >= 0.3 is 5.91 Å². The predicted octanol–water partition coefficient (Wildman–Crippen LogP) is 3.76. The minimum Gasteiger partial charge on any atom is -0.441 e. The molecule has 2 fully saturated rings. The molecule has 0 radical (unpaired) electrons. The number of anilines is 2. The first kappa shape index (κ1) is 23.9. The molecule has 2 aliphatic rings. The molecule has 1 unspecified atom stereocenters. The van der Waals surface area contributed by atoms with E-state index in [4.69, 9.17) is 4.42 Å². The summed E-state index contributed by atoms with van der Waals surface area (Å²) in [5.41, 5.74) is 4.27. The molecule has 4 heterocycles. The summed E-state index contributed by atoms with van der Waals surface area (Å²) in [4.78, 5) is 46.9. The Hall–Kier alpha value is -4.44. The van der Waals surface area contributed by atoms with Gasteiger partial charge in [-0.2, -0.15) is 0 Å². The van der Waals surface area contributed by atoms with Crippen LogP contribution in [0.3, 0.4) is 0 Å². The number of fused-ring (bicyclic) bond motifs is 1. The van der Waals surface area contributed by atoms with Crippen molar-refractivity contribution in [3.63, 3.8) is 0 Å². The van der Waals surface area contributed by atoms with Gasteiger partial charge in [0.2, 0.25) is 11.8 Å². The molecular weight excluding hydrogens is 484 g/mol. The van der Waals surface area contributed by atoms with E-state index in [9.17, 15) is 14.4 Å². The largest absolute Gasteiger partial charge is 0.441 e. The molecule has 4 aromatic rings. The molecule has 6 rings (SSSR count). The first-order chi connectivity index (χ1) is 18.5. The predicted molar refractivity (Wildman–Crippen MR) is 143 cm³/mol. The maximum Gasteiger partial charge on any atom is 0.310 e. The summed E-state index contributed by atoms with van der Waals surface area (Å²) in [6, 6.07) is 14.7. The lowest BCUT2D eigenvalue weighted by Crippen LogP contribution is -2.43. The van der Waals surface area contributed by atoms with Gasteiger partial charge in [0.1, 0.15) is 12.3 Å².